The molecule has 0 saturated carbocycles. The first-order chi connectivity index (χ1) is 33.0. The molecule has 0 bridgehead atoms. The molecule has 0 radical (unpaired) electrons. The molecule has 346 valence electrons. The van der Waals surface area contributed by atoms with E-state index < -0.39 is 5.92 Å². The number of nitrogens with zero attached hydrogens (tertiary/aromatic N) is 9. The summed E-state index contributed by atoms with van der Waals surface area (Å²) in [6.07, 6.45) is 5.86. The number of hydrogen-bond donors (Lipinski definition) is 2. The van der Waals surface area contributed by atoms with Gasteiger partial charge in [0.05, 0.1) is 28.5 Å². The van der Waals surface area contributed by atoms with Crippen molar-refractivity contribution in [3.05, 3.63) is 142 Å². The molecule has 1 unspecified atom stereocenters. The number of ether oxygens (including phenoxy) is 1. The molecule has 17 nitrogen and oxygen atoms in total. The number of rotatable bonds is 11. The van der Waals surface area contributed by atoms with E-state index in [0.717, 1.165) is 70.5 Å². The molecule has 3 fully saturated rings. The topological polar surface area (TPSA) is 182 Å². The van der Waals surface area contributed by atoms with Gasteiger partial charge in [-0.2, -0.15) is 10.2 Å². The Bertz CT molecular complexity index is 3180. The number of nitrogens with one attached hydrogen (secondary N) is 2. The summed E-state index contributed by atoms with van der Waals surface area (Å²) in [4.78, 5) is 74.4. The van der Waals surface area contributed by atoms with Crippen LogP contribution in [0.4, 0.5) is 22.0 Å². The summed E-state index contributed by atoms with van der Waals surface area (Å²) in [6.45, 7) is 4.75. The predicted molar refractivity (Wildman–Crippen MR) is 257 cm³/mol. The van der Waals surface area contributed by atoms with E-state index in [1.807, 2.05) is 61.1 Å². The summed E-state index contributed by atoms with van der Waals surface area (Å²) in [7, 11) is 5.09. The minimum absolute atomic E-state index is 0.229. The number of urea groups is 1. The molecule has 3 aliphatic rings. The van der Waals surface area contributed by atoms with Crippen molar-refractivity contribution in [3.8, 4) is 22.6 Å². The molecule has 3 saturated heterocycles. The average molecular weight is 914 g/mol. The third-order valence-corrected chi connectivity index (χ3v) is 13.6. The summed E-state index contributed by atoms with van der Waals surface area (Å²) >= 11 is 0. The van der Waals surface area contributed by atoms with E-state index in [0.29, 0.717) is 60.4 Å². The van der Waals surface area contributed by atoms with Crippen LogP contribution in [0, 0.1) is 6.92 Å². The van der Waals surface area contributed by atoms with Crippen LogP contribution in [0.3, 0.4) is 0 Å². The number of para-hydroxylation sites is 1. The summed E-state index contributed by atoms with van der Waals surface area (Å²) in [5, 5.41) is 15.0. The van der Waals surface area contributed by atoms with Crippen LogP contribution in [-0.4, -0.2) is 86.1 Å². The molecule has 1 atom stereocenters. The number of carbonyl (C=O) groups is 4. The number of anilines is 3. The highest BCUT2D eigenvalue weighted by Crippen LogP contribution is 2.39. The van der Waals surface area contributed by atoms with Crippen molar-refractivity contribution in [2.24, 2.45) is 14.1 Å². The molecule has 3 aliphatic heterocycles. The molecule has 10 rings (SSSR count). The van der Waals surface area contributed by atoms with Crippen LogP contribution < -0.4 is 35.8 Å². The van der Waals surface area contributed by atoms with Gasteiger partial charge < -0.3 is 15.0 Å². The highest BCUT2D eigenvalue weighted by molar-refractivity contribution is 6.07. The Morgan fingerprint density at radius 1 is 0.838 bits per heavy atom. The zero-order chi connectivity index (χ0) is 47.2. The number of amides is 5. The number of hydrogen-bond acceptors (Lipinski definition) is 10. The van der Waals surface area contributed by atoms with Crippen molar-refractivity contribution in [2.45, 2.75) is 51.0 Å². The molecule has 3 aromatic heterocycles. The zero-order valence-corrected chi connectivity index (χ0v) is 38.3. The van der Waals surface area contributed by atoms with E-state index in [-0.39, 0.29) is 36.0 Å². The van der Waals surface area contributed by atoms with Crippen LogP contribution >= 0.6 is 0 Å². The normalized spacial score (nSPS) is 16.7. The van der Waals surface area contributed by atoms with Crippen LogP contribution in [0.15, 0.2) is 108 Å². The van der Waals surface area contributed by atoms with Crippen LogP contribution in [0.5, 0.6) is 5.75 Å². The Morgan fingerprint density at radius 3 is 2.37 bits per heavy atom. The average Bonchev–Trinajstić information content (AvgIpc) is 4.03. The molecular formula is C51H51N11O6. The molecule has 5 amide bonds. The molecule has 6 heterocycles. The lowest BCUT2D eigenvalue weighted by Gasteiger charge is -2.34. The SMILES string of the molecule is CNC(=O)c1cccc(N2CCN(c3nccc(-c4ccc(-n5cnn(C)c5=O)c(OCc5ccc(C6CCN(c7cccc8c(C9CCC(=O)NC9=O)nn(C)c78)CC6)cc5)c4)c3C)C2=O)c1. The second kappa shape index (κ2) is 18.0. The Balaban J connectivity index is 0.842. The fourth-order valence-corrected chi connectivity index (χ4v) is 9.90. The first-order valence-corrected chi connectivity index (χ1v) is 22.9. The highest BCUT2D eigenvalue weighted by Gasteiger charge is 2.35. The molecule has 4 aromatic carbocycles. The second-order valence-corrected chi connectivity index (χ2v) is 17.6. The van der Waals surface area contributed by atoms with Crippen molar-refractivity contribution in [1.82, 2.24) is 39.7 Å². The third kappa shape index (κ3) is 8.02. The molecule has 68 heavy (non-hydrogen) atoms. The second-order valence-electron chi connectivity index (χ2n) is 17.6. The van der Waals surface area contributed by atoms with Gasteiger partial charge in [-0.05, 0) is 102 Å². The van der Waals surface area contributed by atoms with Crippen molar-refractivity contribution < 1.29 is 23.9 Å². The largest absolute Gasteiger partial charge is 0.487 e. The van der Waals surface area contributed by atoms with Crippen molar-refractivity contribution in [2.75, 3.05) is 47.9 Å². The Morgan fingerprint density at radius 2 is 1.62 bits per heavy atom. The van der Waals surface area contributed by atoms with E-state index in [1.54, 1.807) is 48.3 Å². The summed E-state index contributed by atoms with van der Waals surface area (Å²) in [5.74, 6) is 0.189. The third-order valence-electron chi connectivity index (χ3n) is 13.6. The lowest BCUT2D eigenvalue weighted by Crippen LogP contribution is -2.39. The number of aromatic nitrogens is 6. The van der Waals surface area contributed by atoms with Crippen LogP contribution in [-0.2, 0) is 30.3 Å². The Hall–Kier alpha value is -8.08. The first kappa shape index (κ1) is 43.8. The number of benzene rings is 4. The number of imide groups is 1. The van der Waals surface area contributed by atoms with Crippen molar-refractivity contribution in [3.63, 3.8) is 0 Å². The van der Waals surface area contributed by atoms with Gasteiger partial charge in [-0.15, -0.1) is 0 Å². The van der Waals surface area contributed by atoms with E-state index >= 15 is 0 Å². The summed E-state index contributed by atoms with van der Waals surface area (Å²) in [6, 6.07) is 29.1. The standard InChI is InChI=1S/C51H51N11O6/c1-31-38(19-22-53-47(31)61-26-25-60(51(61)67)37-8-5-7-36(27-37)48(64)52-2)35-15-17-41(62-30-54-58(4)50(62)66)43(28-35)68-29-32-11-13-33(14-12-32)34-20-23-59(24-21-34)42-10-6-9-39-45(56-57(3)46(39)42)40-16-18-44(63)55-49(40)65/h5-15,17,19,22,27-28,30,34,40H,16,18,20-21,23-26,29H2,1-4H3,(H,52,64)(H,55,63,65). The van der Waals surface area contributed by atoms with Gasteiger partial charge in [0.25, 0.3) is 5.91 Å². The monoisotopic (exact) mass is 913 g/mol. The number of pyridine rings is 1. The van der Waals surface area contributed by atoms with Gasteiger partial charge in [-0.25, -0.2) is 23.8 Å². The first-order valence-electron chi connectivity index (χ1n) is 22.9. The smallest absolute Gasteiger partial charge is 0.350 e. The predicted octanol–water partition coefficient (Wildman–Crippen LogP) is 6.12. The summed E-state index contributed by atoms with van der Waals surface area (Å²) in [5.41, 5.74) is 8.83. The maximum atomic E-state index is 13.9. The van der Waals surface area contributed by atoms with Crippen molar-refractivity contribution in [1.29, 1.82) is 0 Å². The highest BCUT2D eigenvalue weighted by atomic mass is 16.5. The number of piperidine rings is 2. The Labute approximate surface area is 391 Å². The maximum Gasteiger partial charge on any atom is 0.350 e. The van der Waals surface area contributed by atoms with Gasteiger partial charge in [0, 0.05) is 76.6 Å². The van der Waals surface area contributed by atoms with Crippen LogP contribution in [0.2, 0.25) is 0 Å². The lowest BCUT2D eigenvalue weighted by atomic mass is 9.88. The summed E-state index contributed by atoms with van der Waals surface area (Å²) < 4.78 is 11.2. The van der Waals surface area contributed by atoms with Gasteiger partial charge in [-0.1, -0.05) is 48.5 Å². The van der Waals surface area contributed by atoms with E-state index in [1.165, 1.54) is 21.1 Å². The van der Waals surface area contributed by atoms with E-state index in [4.69, 9.17) is 9.84 Å². The number of fused-ring (bicyclic) bond motifs is 1. The molecule has 17 heteroatoms. The maximum absolute atomic E-state index is 13.9. The zero-order valence-electron chi connectivity index (χ0n) is 38.3. The van der Waals surface area contributed by atoms with Crippen LogP contribution in [0.25, 0.3) is 27.7 Å². The molecule has 0 aliphatic carbocycles. The molecular weight excluding hydrogens is 863 g/mol. The van der Waals surface area contributed by atoms with E-state index in [9.17, 15) is 24.0 Å². The minimum Gasteiger partial charge on any atom is -0.487 e. The van der Waals surface area contributed by atoms with Gasteiger partial charge in [-0.3, -0.25) is 34.2 Å². The lowest BCUT2D eigenvalue weighted by molar-refractivity contribution is -0.134. The molecule has 7 aromatic rings. The van der Waals surface area contributed by atoms with E-state index in [2.05, 4.69) is 55.9 Å². The van der Waals surface area contributed by atoms with Gasteiger partial charge in [0.1, 0.15) is 24.5 Å². The quantitative estimate of drug-likeness (QED) is 0.144. The molecule has 0 spiro atoms. The fraction of sp³-hybridized carbons (Fsp3) is 0.294. The van der Waals surface area contributed by atoms with Gasteiger partial charge in [0.15, 0.2) is 0 Å². The molecule has 2 N–H and O–H groups in total. The Kier molecular flexibility index (Phi) is 11.6. The number of aryl methyl sites for hydroxylation is 2. The minimum atomic E-state index is -0.453. The van der Waals surface area contributed by atoms with Crippen LogP contribution in [0.1, 0.15) is 70.3 Å². The van der Waals surface area contributed by atoms with Crippen molar-refractivity contribution >= 4 is 51.8 Å². The van der Waals surface area contributed by atoms with Gasteiger partial charge >= 0.3 is 11.7 Å². The van der Waals surface area contributed by atoms with Gasteiger partial charge in [0.2, 0.25) is 11.8 Å². The fourth-order valence-electron chi connectivity index (χ4n) is 9.90. The number of carbonyl (C=O) groups excluding carboxylic acids is 4.